The van der Waals surface area contributed by atoms with E-state index in [4.69, 9.17) is 4.74 Å². The molecule has 0 aromatic heterocycles. The van der Waals surface area contributed by atoms with Crippen molar-refractivity contribution in [2.45, 2.75) is 132 Å². The average Bonchev–Trinajstić information content (AvgIpc) is 3.36. The zero-order valence-electron chi connectivity index (χ0n) is 24.3. The van der Waals surface area contributed by atoms with Crippen LogP contribution in [0.2, 0.25) is 0 Å². The zero-order valence-corrected chi connectivity index (χ0v) is 24.3. The summed E-state index contributed by atoms with van der Waals surface area (Å²) < 4.78 is 5.91. The van der Waals surface area contributed by atoms with Gasteiger partial charge in [-0.1, -0.05) is 60.6 Å². The summed E-state index contributed by atoms with van der Waals surface area (Å²) in [6.45, 7) is 23.4. The van der Waals surface area contributed by atoms with Crippen LogP contribution in [0.1, 0.15) is 126 Å². The lowest BCUT2D eigenvalue weighted by Gasteiger charge is -2.63. The first-order chi connectivity index (χ1) is 16.3. The first-order valence-electron chi connectivity index (χ1n) is 15.1. The summed E-state index contributed by atoms with van der Waals surface area (Å²) in [5, 5.41) is 0. The molecule has 2 spiro atoms. The maximum atomic E-state index is 11.9. The SMILES string of the molecule is C=C(CC[C@@H](C)[C@H]1CC[C@@]2(C)[C@@H]3CC[C@H]4C(C)(C)[C@@H](OC(C)=O)CC[C@@]45CC35CC[C@]12C)C(C)C. The number of hydrogen-bond donors (Lipinski definition) is 0. The third kappa shape index (κ3) is 3.35. The number of hydrogen-bond acceptors (Lipinski definition) is 2. The molecule has 0 bridgehead atoms. The first-order valence-corrected chi connectivity index (χ1v) is 15.1. The van der Waals surface area contributed by atoms with E-state index in [1.54, 1.807) is 6.92 Å². The summed E-state index contributed by atoms with van der Waals surface area (Å²) in [6, 6.07) is 0. The Labute approximate surface area is 216 Å². The Morgan fingerprint density at radius 3 is 2.20 bits per heavy atom. The third-order valence-corrected chi connectivity index (χ3v) is 13.8. The Kier molecular flexibility index (Phi) is 5.98. The van der Waals surface area contributed by atoms with Crippen LogP contribution >= 0.6 is 0 Å². The molecule has 5 aliphatic carbocycles. The summed E-state index contributed by atoms with van der Waals surface area (Å²) in [7, 11) is 0. The van der Waals surface area contributed by atoms with Crippen LogP contribution in [0.4, 0.5) is 0 Å². The van der Waals surface area contributed by atoms with Crippen LogP contribution in [0.5, 0.6) is 0 Å². The molecule has 2 heteroatoms. The molecule has 0 heterocycles. The molecule has 9 atom stereocenters. The van der Waals surface area contributed by atoms with Crippen LogP contribution in [-0.2, 0) is 9.53 Å². The van der Waals surface area contributed by atoms with Crippen LogP contribution in [0, 0.1) is 56.7 Å². The summed E-state index contributed by atoms with van der Waals surface area (Å²) in [6.07, 6.45) is 15.0. The Bertz CT molecular complexity index is 886. The molecule has 0 saturated heterocycles. The molecular weight excluding hydrogens is 428 g/mol. The van der Waals surface area contributed by atoms with E-state index in [0.29, 0.717) is 27.6 Å². The fraction of sp³-hybridized carbons (Fsp3) is 0.909. The van der Waals surface area contributed by atoms with E-state index in [-0.39, 0.29) is 17.5 Å². The van der Waals surface area contributed by atoms with E-state index in [1.165, 1.54) is 69.8 Å². The third-order valence-electron chi connectivity index (χ3n) is 13.8. The number of rotatable bonds is 6. The smallest absolute Gasteiger partial charge is 0.302 e. The molecule has 0 radical (unpaired) electrons. The van der Waals surface area contributed by atoms with Crippen molar-refractivity contribution in [2.24, 2.45) is 56.7 Å². The highest BCUT2D eigenvalue weighted by Crippen LogP contribution is 2.89. The van der Waals surface area contributed by atoms with Crippen molar-refractivity contribution in [1.82, 2.24) is 0 Å². The number of allylic oxidation sites excluding steroid dienone is 1. The molecule has 0 N–H and O–H groups in total. The zero-order chi connectivity index (χ0) is 25.6. The number of esters is 1. The Morgan fingerprint density at radius 1 is 0.886 bits per heavy atom. The number of carbonyl (C=O) groups is 1. The molecule has 1 unspecified atom stereocenters. The molecule has 5 rings (SSSR count). The highest BCUT2D eigenvalue weighted by atomic mass is 16.5. The monoisotopic (exact) mass is 482 g/mol. The average molecular weight is 483 g/mol. The van der Waals surface area contributed by atoms with Gasteiger partial charge in [-0.25, -0.2) is 0 Å². The lowest BCUT2D eigenvalue weighted by atomic mass is 9.41. The van der Waals surface area contributed by atoms with Gasteiger partial charge in [0.2, 0.25) is 0 Å². The van der Waals surface area contributed by atoms with Crippen molar-refractivity contribution in [1.29, 1.82) is 0 Å². The van der Waals surface area contributed by atoms with Crippen LogP contribution in [0.15, 0.2) is 12.2 Å². The number of carbonyl (C=O) groups excluding carboxylic acids is 1. The molecule has 5 fully saturated rings. The molecule has 2 nitrogen and oxygen atoms in total. The van der Waals surface area contributed by atoms with E-state index in [9.17, 15) is 4.79 Å². The normalized spacial score (nSPS) is 48.3. The van der Waals surface area contributed by atoms with Crippen molar-refractivity contribution >= 4 is 5.97 Å². The molecule has 35 heavy (non-hydrogen) atoms. The quantitative estimate of drug-likeness (QED) is 0.279. The maximum absolute atomic E-state index is 11.9. The fourth-order valence-electron chi connectivity index (χ4n) is 11.6. The maximum Gasteiger partial charge on any atom is 0.302 e. The minimum atomic E-state index is -0.0951. The van der Waals surface area contributed by atoms with Gasteiger partial charge in [0.05, 0.1) is 0 Å². The molecule has 0 aliphatic heterocycles. The van der Waals surface area contributed by atoms with E-state index in [2.05, 4.69) is 55.0 Å². The minimum Gasteiger partial charge on any atom is -0.462 e. The van der Waals surface area contributed by atoms with E-state index in [0.717, 1.165) is 30.1 Å². The minimum absolute atomic E-state index is 0.0951. The van der Waals surface area contributed by atoms with Gasteiger partial charge in [0.15, 0.2) is 0 Å². The second-order valence-corrected chi connectivity index (χ2v) is 15.4. The number of ether oxygens (including phenoxy) is 1. The van der Waals surface area contributed by atoms with Gasteiger partial charge in [-0.05, 0) is 122 Å². The summed E-state index contributed by atoms with van der Waals surface area (Å²) in [4.78, 5) is 11.9. The lowest BCUT2D eigenvalue weighted by Crippen LogP contribution is -2.58. The first kappa shape index (κ1) is 25.8. The highest BCUT2D eigenvalue weighted by Gasteiger charge is 2.82. The second kappa shape index (κ2) is 8.10. The van der Waals surface area contributed by atoms with E-state index in [1.807, 2.05) is 0 Å². The Morgan fingerprint density at radius 2 is 1.54 bits per heavy atom. The van der Waals surface area contributed by atoms with Crippen molar-refractivity contribution in [2.75, 3.05) is 0 Å². The molecule has 5 saturated carbocycles. The van der Waals surface area contributed by atoms with Gasteiger partial charge in [0, 0.05) is 12.3 Å². The summed E-state index contributed by atoms with van der Waals surface area (Å²) in [5.41, 5.74) is 3.63. The fourth-order valence-corrected chi connectivity index (χ4v) is 11.6. The van der Waals surface area contributed by atoms with Crippen LogP contribution in [0.3, 0.4) is 0 Å². The molecule has 0 amide bonds. The van der Waals surface area contributed by atoms with Gasteiger partial charge in [0.25, 0.3) is 0 Å². The van der Waals surface area contributed by atoms with Gasteiger partial charge in [-0.2, -0.15) is 0 Å². The largest absolute Gasteiger partial charge is 0.462 e. The van der Waals surface area contributed by atoms with Crippen LogP contribution in [-0.4, -0.2) is 12.1 Å². The molecule has 0 aromatic rings. The van der Waals surface area contributed by atoms with Gasteiger partial charge < -0.3 is 4.74 Å². The second-order valence-electron chi connectivity index (χ2n) is 15.4. The topological polar surface area (TPSA) is 26.3 Å². The highest BCUT2D eigenvalue weighted by molar-refractivity contribution is 5.66. The van der Waals surface area contributed by atoms with Crippen LogP contribution < -0.4 is 0 Å². The summed E-state index contributed by atoms with van der Waals surface area (Å²) in [5.74, 6) is 3.80. The van der Waals surface area contributed by atoms with Gasteiger partial charge in [-0.15, -0.1) is 0 Å². The van der Waals surface area contributed by atoms with Crippen molar-refractivity contribution in [3.8, 4) is 0 Å². The molecule has 198 valence electrons. The van der Waals surface area contributed by atoms with Crippen LogP contribution in [0.25, 0.3) is 0 Å². The Balaban J connectivity index is 1.37. The van der Waals surface area contributed by atoms with Crippen molar-refractivity contribution in [3.63, 3.8) is 0 Å². The van der Waals surface area contributed by atoms with Gasteiger partial charge in [0.1, 0.15) is 6.10 Å². The van der Waals surface area contributed by atoms with Gasteiger partial charge >= 0.3 is 5.97 Å². The molecular formula is C33H54O2. The van der Waals surface area contributed by atoms with E-state index < -0.39 is 0 Å². The van der Waals surface area contributed by atoms with E-state index >= 15 is 0 Å². The molecule has 5 aliphatic rings. The predicted molar refractivity (Wildman–Crippen MR) is 145 cm³/mol. The number of fused-ring (bicyclic) bond motifs is 2. The molecule has 0 aromatic carbocycles. The summed E-state index contributed by atoms with van der Waals surface area (Å²) >= 11 is 0. The van der Waals surface area contributed by atoms with Crippen molar-refractivity contribution < 1.29 is 9.53 Å². The lowest BCUT2D eigenvalue weighted by molar-refractivity contribution is -0.181. The van der Waals surface area contributed by atoms with Gasteiger partial charge in [-0.3, -0.25) is 4.79 Å². The van der Waals surface area contributed by atoms with Crippen molar-refractivity contribution in [3.05, 3.63) is 12.2 Å². The predicted octanol–water partition coefficient (Wildman–Crippen LogP) is 8.99. The standard InChI is InChI=1S/C33H54O2/c1-21(2)22(3)10-11-23(4)25-14-16-31(9)27-13-12-26-29(6,7)28(35-24(5)34)15-17-32(26)20-33(27,32)19-18-30(25,31)8/h21,23,25-28H,3,10-20H2,1-2,4-9H3/t23-,25-,26+,27+,28+,30-,31+,32-,33?/m1/s1. The Hall–Kier alpha value is -0.790.